The zero-order valence-corrected chi connectivity index (χ0v) is 6.36. The van der Waals surface area contributed by atoms with Gasteiger partial charge in [-0.05, 0) is 18.7 Å². The molecule has 62 valence electrons. The van der Waals surface area contributed by atoms with Crippen LogP contribution in [0.1, 0.15) is 5.76 Å². The number of rotatable bonds is 4. The molecule has 0 spiro atoms. The predicted octanol–water partition coefficient (Wildman–Crippen LogP) is 0.389. The number of aliphatic hydroxyl groups excluding tert-OH is 1. The van der Waals surface area contributed by atoms with Crippen LogP contribution in [-0.4, -0.2) is 18.3 Å². The van der Waals surface area contributed by atoms with E-state index in [1.807, 2.05) is 12.1 Å². The third kappa shape index (κ3) is 2.37. The Morgan fingerprint density at radius 1 is 1.64 bits per heavy atom. The second kappa shape index (κ2) is 4.16. The first-order valence-corrected chi connectivity index (χ1v) is 3.70. The van der Waals surface area contributed by atoms with Crippen LogP contribution in [0.3, 0.4) is 0 Å². The van der Waals surface area contributed by atoms with Gasteiger partial charge in [-0.25, -0.2) is 0 Å². The highest BCUT2D eigenvalue weighted by Crippen LogP contribution is 2.07. The lowest BCUT2D eigenvalue weighted by Gasteiger charge is -2.07. The highest BCUT2D eigenvalue weighted by atomic mass is 16.3. The van der Waals surface area contributed by atoms with Gasteiger partial charge >= 0.3 is 0 Å². The molecule has 3 nitrogen and oxygen atoms in total. The van der Waals surface area contributed by atoms with Crippen LogP contribution in [-0.2, 0) is 6.42 Å². The molecule has 3 N–H and O–H groups in total. The summed E-state index contributed by atoms with van der Waals surface area (Å²) in [7, 11) is 0. The van der Waals surface area contributed by atoms with Crippen molar-refractivity contribution in [2.75, 3.05) is 13.2 Å². The minimum atomic E-state index is 0.122. The fourth-order valence-electron chi connectivity index (χ4n) is 0.936. The smallest absolute Gasteiger partial charge is 0.104 e. The molecule has 0 aliphatic carbocycles. The van der Waals surface area contributed by atoms with Crippen LogP contribution in [0, 0.1) is 5.92 Å². The summed E-state index contributed by atoms with van der Waals surface area (Å²) < 4.78 is 5.10. The zero-order valence-electron chi connectivity index (χ0n) is 6.36. The van der Waals surface area contributed by atoms with Crippen LogP contribution >= 0.6 is 0 Å². The summed E-state index contributed by atoms with van der Waals surface area (Å²) in [6, 6.07) is 3.72. The molecule has 3 heteroatoms. The average Bonchev–Trinajstić information content (AvgIpc) is 2.52. The Hall–Kier alpha value is -0.800. The lowest BCUT2D eigenvalue weighted by atomic mass is 10.1. The third-order valence-electron chi connectivity index (χ3n) is 1.66. The first-order chi connectivity index (χ1) is 5.36. The number of nitrogens with two attached hydrogens (primary N) is 1. The number of hydrogen-bond acceptors (Lipinski definition) is 3. The van der Waals surface area contributed by atoms with Crippen molar-refractivity contribution in [1.82, 2.24) is 0 Å². The maximum atomic E-state index is 8.80. The van der Waals surface area contributed by atoms with E-state index >= 15 is 0 Å². The first-order valence-electron chi connectivity index (χ1n) is 3.70. The van der Waals surface area contributed by atoms with Crippen molar-refractivity contribution < 1.29 is 9.52 Å². The van der Waals surface area contributed by atoms with Gasteiger partial charge in [-0.2, -0.15) is 0 Å². The molecule has 1 unspecified atom stereocenters. The Morgan fingerprint density at radius 3 is 2.91 bits per heavy atom. The monoisotopic (exact) mass is 155 g/mol. The van der Waals surface area contributed by atoms with Crippen molar-refractivity contribution in [3.8, 4) is 0 Å². The Morgan fingerprint density at radius 2 is 2.45 bits per heavy atom. The van der Waals surface area contributed by atoms with Gasteiger partial charge in [0.25, 0.3) is 0 Å². The summed E-state index contributed by atoms with van der Waals surface area (Å²) in [6.07, 6.45) is 2.35. The molecule has 0 amide bonds. The van der Waals surface area contributed by atoms with E-state index in [9.17, 15) is 0 Å². The molecule has 0 aliphatic heterocycles. The Balaban J connectivity index is 2.41. The van der Waals surface area contributed by atoms with E-state index in [1.165, 1.54) is 0 Å². The van der Waals surface area contributed by atoms with Crippen LogP contribution in [0.4, 0.5) is 0 Å². The van der Waals surface area contributed by atoms with Gasteiger partial charge in [0.1, 0.15) is 5.76 Å². The number of aliphatic hydroxyl groups is 1. The molecule has 11 heavy (non-hydrogen) atoms. The van der Waals surface area contributed by atoms with E-state index in [2.05, 4.69) is 0 Å². The van der Waals surface area contributed by atoms with Crippen LogP contribution < -0.4 is 5.73 Å². The summed E-state index contributed by atoms with van der Waals surface area (Å²) in [5.74, 6) is 1.01. The molecule has 1 aromatic heterocycles. The number of furan rings is 1. The van der Waals surface area contributed by atoms with Gasteiger partial charge in [0, 0.05) is 18.9 Å². The summed E-state index contributed by atoms with van der Waals surface area (Å²) in [6.45, 7) is 0.619. The Labute approximate surface area is 65.8 Å². The number of hydrogen-bond donors (Lipinski definition) is 2. The second-order valence-corrected chi connectivity index (χ2v) is 2.57. The van der Waals surface area contributed by atoms with E-state index in [4.69, 9.17) is 15.3 Å². The van der Waals surface area contributed by atoms with Gasteiger partial charge in [-0.15, -0.1) is 0 Å². The summed E-state index contributed by atoms with van der Waals surface area (Å²) in [4.78, 5) is 0. The quantitative estimate of drug-likeness (QED) is 0.661. The van der Waals surface area contributed by atoms with Gasteiger partial charge in [-0.3, -0.25) is 0 Å². The minimum absolute atomic E-state index is 0.122. The van der Waals surface area contributed by atoms with Crippen LogP contribution in [0.25, 0.3) is 0 Å². The van der Waals surface area contributed by atoms with Gasteiger partial charge in [0.2, 0.25) is 0 Å². The van der Waals surface area contributed by atoms with Crippen molar-refractivity contribution in [3.63, 3.8) is 0 Å². The molecule has 0 fully saturated rings. The van der Waals surface area contributed by atoms with Crippen molar-refractivity contribution in [2.45, 2.75) is 6.42 Å². The minimum Gasteiger partial charge on any atom is -0.469 e. The summed E-state index contributed by atoms with van der Waals surface area (Å²) in [5, 5.41) is 8.80. The third-order valence-corrected chi connectivity index (χ3v) is 1.66. The molecule has 0 bridgehead atoms. The summed E-state index contributed by atoms with van der Waals surface area (Å²) >= 11 is 0. The standard InChI is InChI=1S/C8H13NO2/c9-5-7(6-10)4-8-2-1-3-11-8/h1-3,7,10H,4-6,9H2. The fraction of sp³-hybridized carbons (Fsp3) is 0.500. The van der Waals surface area contributed by atoms with Crippen molar-refractivity contribution in [3.05, 3.63) is 24.2 Å². The molecule has 1 atom stereocenters. The molecule has 0 radical (unpaired) electrons. The Bertz CT molecular complexity index is 180. The molecule has 1 rings (SSSR count). The lowest BCUT2D eigenvalue weighted by Crippen LogP contribution is -2.20. The highest BCUT2D eigenvalue weighted by Gasteiger charge is 2.07. The van der Waals surface area contributed by atoms with Crippen molar-refractivity contribution in [1.29, 1.82) is 0 Å². The first kappa shape index (κ1) is 8.30. The van der Waals surface area contributed by atoms with Gasteiger partial charge in [-0.1, -0.05) is 0 Å². The average molecular weight is 155 g/mol. The van der Waals surface area contributed by atoms with Gasteiger partial charge < -0.3 is 15.3 Å². The van der Waals surface area contributed by atoms with E-state index in [0.29, 0.717) is 6.54 Å². The highest BCUT2D eigenvalue weighted by molar-refractivity contribution is 4.99. The van der Waals surface area contributed by atoms with E-state index in [1.54, 1.807) is 6.26 Å². The second-order valence-electron chi connectivity index (χ2n) is 2.57. The molecule has 0 saturated heterocycles. The van der Waals surface area contributed by atoms with Gasteiger partial charge in [0.05, 0.1) is 6.26 Å². The maximum Gasteiger partial charge on any atom is 0.104 e. The van der Waals surface area contributed by atoms with Crippen LogP contribution in [0.15, 0.2) is 22.8 Å². The van der Waals surface area contributed by atoms with Crippen molar-refractivity contribution >= 4 is 0 Å². The largest absolute Gasteiger partial charge is 0.469 e. The summed E-state index contributed by atoms with van der Waals surface area (Å²) in [5.41, 5.74) is 5.40. The zero-order chi connectivity index (χ0) is 8.10. The van der Waals surface area contributed by atoms with E-state index in [-0.39, 0.29) is 12.5 Å². The molecular formula is C8H13NO2. The van der Waals surface area contributed by atoms with E-state index in [0.717, 1.165) is 12.2 Å². The molecule has 0 aromatic carbocycles. The Kier molecular flexibility index (Phi) is 3.14. The normalized spacial score (nSPS) is 13.3. The molecule has 1 aromatic rings. The van der Waals surface area contributed by atoms with Crippen molar-refractivity contribution in [2.24, 2.45) is 11.7 Å². The maximum absolute atomic E-state index is 8.80. The van der Waals surface area contributed by atoms with Crippen LogP contribution in [0.5, 0.6) is 0 Å². The topological polar surface area (TPSA) is 59.4 Å². The lowest BCUT2D eigenvalue weighted by molar-refractivity contribution is 0.224. The van der Waals surface area contributed by atoms with Crippen LogP contribution in [0.2, 0.25) is 0 Å². The molecular weight excluding hydrogens is 142 g/mol. The molecule has 1 heterocycles. The van der Waals surface area contributed by atoms with E-state index < -0.39 is 0 Å². The SMILES string of the molecule is NCC(CO)Cc1ccco1. The molecule has 0 saturated carbocycles. The fourth-order valence-corrected chi connectivity index (χ4v) is 0.936. The predicted molar refractivity (Wildman–Crippen MR) is 42.0 cm³/mol. The molecule has 0 aliphatic rings. The van der Waals surface area contributed by atoms with Gasteiger partial charge in [0.15, 0.2) is 0 Å².